The van der Waals surface area contributed by atoms with Crippen molar-refractivity contribution in [2.45, 2.75) is 38.1 Å². The van der Waals surface area contributed by atoms with Crippen LogP contribution in [0.5, 0.6) is 0 Å². The normalized spacial score (nSPS) is 23.8. The quantitative estimate of drug-likeness (QED) is 0.862. The third kappa shape index (κ3) is 3.45. The highest BCUT2D eigenvalue weighted by molar-refractivity contribution is 5.78. The summed E-state index contributed by atoms with van der Waals surface area (Å²) in [7, 11) is 1.87. The first kappa shape index (κ1) is 16.3. The molecule has 2 N–H and O–H groups in total. The lowest BCUT2D eigenvalue weighted by molar-refractivity contribution is -0.124. The number of hydrogen-bond donors (Lipinski definition) is 2. The first-order valence-electron chi connectivity index (χ1n) is 8.83. The standard InChI is InChI=1S/C19H24N4O2/c1-22-9-16(8-20-22)19(15-6-17(24)7-15)21-18(25)12-23-10-13-4-2-3-5-14(13)11-23/h2-5,8-9,15,17,19,24H,6-7,10-12H2,1H3,(H,21,25)/t15?,17?,19-/m1/s1. The van der Waals surface area contributed by atoms with Gasteiger partial charge in [0.25, 0.3) is 0 Å². The summed E-state index contributed by atoms with van der Waals surface area (Å²) in [5, 5.41) is 17.0. The number of nitrogens with one attached hydrogen (secondary N) is 1. The number of rotatable bonds is 5. The van der Waals surface area contributed by atoms with Crippen molar-refractivity contribution in [3.05, 3.63) is 53.3 Å². The molecule has 1 aliphatic carbocycles. The molecule has 2 aliphatic rings. The minimum Gasteiger partial charge on any atom is -0.393 e. The highest BCUT2D eigenvalue weighted by Gasteiger charge is 2.36. The van der Waals surface area contributed by atoms with Crippen molar-refractivity contribution >= 4 is 5.91 Å². The molecule has 2 aromatic rings. The molecule has 132 valence electrons. The van der Waals surface area contributed by atoms with Crippen LogP contribution in [0.4, 0.5) is 0 Å². The van der Waals surface area contributed by atoms with Crippen LogP contribution < -0.4 is 5.32 Å². The van der Waals surface area contributed by atoms with E-state index in [1.807, 2.05) is 25.4 Å². The molecule has 0 spiro atoms. The van der Waals surface area contributed by atoms with Crippen molar-refractivity contribution in [2.24, 2.45) is 13.0 Å². The van der Waals surface area contributed by atoms with Crippen LogP contribution in [-0.2, 0) is 24.9 Å². The van der Waals surface area contributed by atoms with Crippen LogP contribution in [0.15, 0.2) is 36.7 Å². The molecule has 25 heavy (non-hydrogen) atoms. The molecule has 0 unspecified atom stereocenters. The summed E-state index contributed by atoms with van der Waals surface area (Å²) in [6, 6.07) is 8.27. The average Bonchev–Trinajstić information content (AvgIpc) is 3.15. The Morgan fingerprint density at radius 2 is 2.00 bits per heavy atom. The summed E-state index contributed by atoms with van der Waals surface area (Å²) in [5.74, 6) is 0.307. The van der Waals surface area contributed by atoms with E-state index < -0.39 is 0 Å². The minimum absolute atomic E-state index is 0.0306. The highest BCUT2D eigenvalue weighted by atomic mass is 16.3. The summed E-state index contributed by atoms with van der Waals surface area (Å²) in [5.41, 5.74) is 3.62. The number of hydrogen-bond acceptors (Lipinski definition) is 4. The number of aliphatic hydroxyl groups excluding tert-OH is 1. The van der Waals surface area contributed by atoms with Crippen molar-refractivity contribution in [3.8, 4) is 0 Å². The van der Waals surface area contributed by atoms with Gasteiger partial charge >= 0.3 is 0 Å². The van der Waals surface area contributed by atoms with Crippen molar-refractivity contribution in [3.63, 3.8) is 0 Å². The highest BCUT2D eigenvalue weighted by Crippen LogP contribution is 2.38. The maximum Gasteiger partial charge on any atom is 0.234 e. The number of fused-ring (bicyclic) bond motifs is 1. The molecule has 0 bridgehead atoms. The molecule has 1 aliphatic heterocycles. The van der Waals surface area contributed by atoms with E-state index in [2.05, 4.69) is 27.4 Å². The zero-order chi connectivity index (χ0) is 17.4. The third-order valence-electron chi connectivity index (χ3n) is 5.30. The zero-order valence-electron chi connectivity index (χ0n) is 14.4. The van der Waals surface area contributed by atoms with Gasteiger partial charge in [-0.2, -0.15) is 5.10 Å². The van der Waals surface area contributed by atoms with Gasteiger partial charge in [0.1, 0.15) is 0 Å². The monoisotopic (exact) mass is 340 g/mol. The molecule has 0 saturated heterocycles. The minimum atomic E-state index is -0.242. The molecule has 1 aromatic heterocycles. The van der Waals surface area contributed by atoms with E-state index in [9.17, 15) is 9.90 Å². The predicted octanol–water partition coefficient (Wildman–Crippen LogP) is 1.36. The number of aromatic nitrogens is 2. The van der Waals surface area contributed by atoms with Crippen LogP contribution in [0.2, 0.25) is 0 Å². The van der Waals surface area contributed by atoms with E-state index in [0.29, 0.717) is 6.54 Å². The fraction of sp³-hybridized carbons (Fsp3) is 0.474. The molecule has 1 fully saturated rings. The molecule has 1 amide bonds. The van der Waals surface area contributed by atoms with Gasteiger partial charge < -0.3 is 10.4 Å². The van der Waals surface area contributed by atoms with E-state index in [1.165, 1.54) is 11.1 Å². The van der Waals surface area contributed by atoms with E-state index in [-0.39, 0.29) is 24.0 Å². The van der Waals surface area contributed by atoms with E-state index in [4.69, 9.17) is 0 Å². The molecular formula is C19H24N4O2. The van der Waals surface area contributed by atoms with E-state index in [0.717, 1.165) is 31.5 Å². The first-order chi connectivity index (χ1) is 12.1. The van der Waals surface area contributed by atoms with Gasteiger partial charge in [0.15, 0.2) is 0 Å². The van der Waals surface area contributed by atoms with Gasteiger partial charge in [-0.1, -0.05) is 24.3 Å². The van der Waals surface area contributed by atoms with E-state index >= 15 is 0 Å². The van der Waals surface area contributed by atoms with Crippen molar-refractivity contribution in [1.82, 2.24) is 20.0 Å². The number of carbonyl (C=O) groups is 1. The maximum absolute atomic E-state index is 12.6. The van der Waals surface area contributed by atoms with Crippen molar-refractivity contribution in [1.29, 1.82) is 0 Å². The number of amides is 1. The predicted molar refractivity (Wildman–Crippen MR) is 93.4 cm³/mol. The molecule has 6 nitrogen and oxygen atoms in total. The smallest absolute Gasteiger partial charge is 0.234 e. The summed E-state index contributed by atoms with van der Waals surface area (Å²) < 4.78 is 1.75. The van der Waals surface area contributed by atoms with E-state index in [1.54, 1.807) is 10.9 Å². The lowest BCUT2D eigenvalue weighted by Crippen LogP contribution is -2.44. The van der Waals surface area contributed by atoms with Crippen LogP contribution in [0.25, 0.3) is 0 Å². The second-order valence-corrected chi connectivity index (χ2v) is 7.29. The fourth-order valence-electron chi connectivity index (χ4n) is 3.91. The van der Waals surface area contributed by atoms with Gasteiger partial charge in [-0.25, -0.2) is 0 Å². The Labute approximate surface area is 147 Å². The number of aliphatic hydroxyl groups is 1. The van der Waals surface area contributed by atoms with Gasteiger partial charge in [0.2, 0.25) is 5.91 Å². The largest absolute Gasteiger partial charge is 0.393 e. The number of benzene rings is 1. The molecule has 1 saturated carbocycles. The van der Waals surface area contributed by atoms with Crippen LogP contribution in [0.1, 0.15) is 35.6 Å². The lowest BCUT2D eigenvalue weighted by atomic mass is 9.75. The SMILES string of the molecule is Cn1cc([C@H](NC(=O)CN2Cc3ccccc3C2)C2CC(O)C2)cn1. The van der Waals surface area contributed by atoms with Gasteiger partial charge in [-0.05, 0) is 29.9 Å². The Hall–Kier alpha value is -2.18. The summed E-state index contributed by atoms with van der Waals surface area (Å²) in [6.07, 6.45) is 4.97. The molecule has 2 heterocycles. The summed E-state index contributed by atoms with van der Waals surface area (Å²) >= 11 is 0. The van der Waals surface area contributed by atoms with Gasteiger partial charge in [-0.3, -0.25) is 14.4 Å². The number of aryl methyl sites for hydroxylation is 1. The summed E-state index contributed by atoms with van der Waals surface area (Å²) in [6.45, 7) is 2.04. The van der Waals surface area contributed by atoms with Crippen LogP contribution >= 0.6 is 0 Å². The van der Waals surface area contributed by atoms with Crippen LogP contribution in [0, 0.1) is 5.92 Å². The average molecular weight is 340 g/mol. The Morgan fingerprint density at radius 3 is 2.56 bits per heavy atom. The maximum atomic E-state index is 12.6. The molecule has 4 rings (SSSR count). The molecule has 6 heteroatoms. The van der Waals surface area contributed by atoms with Crippen LogP contribution in [-0.4, -0.2) is 38.3 Å². The first-order valence-corrected chi connectivity index (χ1v) is 8.83. The van der Waals surface area contributed by atoms with Crippen LogP contribution in [0.3, 0.4) is 0 Å². The second kappa shape index (κ2) is 6.61. The lowest BCUT2D eigenvalue weighted by Gasteiger charge is -2.37. The fourth-order valence-corrected chi connectivity index (χ4v) is 3.91. The van der Waals surface area contributed by atoms with Gasteiger partial charge in [-0.15, -0.1) is 0 Å². The zero-order valence-corrected chi connectivity index (χ0v) is 14.4. The Kier molecular flexibility index (Phi) is 4.31. The van der Waals surface area contributed by atoms with Gasteiger partial charge in [0.05, 0.1) is 24.9 Å². The number of nitrogens with zero attached hydrogens (tertiary/aromatic N) is 3. The summed E-state index contributed by atoms with van der Waals surface area (Å²) in [4.78, 5) is 14.8. The molecule has 1 aromatic carbocycles. The Bertz CT molecular complexity index is 741. The molecule has 1 atom stereocenters. The number of carbonyl (C=O) groups excluding carboxylic acids is 1. The van der Waals surface area contributed by atoms with Crippen molar-refractivity contribution < 1.29 is 9.90 Å². The van der Waals surface area contributed by atoms with Gasteiger partial charge in [0, 0.05) is 31.9 Å². The second-order valence-electron chi connectivity index (χ2n) is 7.29. The van der Waals surface area contributed by atoms with Crippen molar-refractivity contribution in [2.75, 3.05) is 6.54 Å². The molecular weight excluding hydrogens is 316 g/mol. The molecule has 0 radical (unpaired) electrons. The Balaban J connectivity index is 1.39. The third-order valence-corrected chi connectivity index (χ3v) is 5.30. The topological polar surface area (TPSA) is 70.4 Å². The Morgan fingerprint density at radius 1 is 1.32 bits per heavy atom.